The summed E-state index contributed by atoms with van der Waals surface area (Å²) >= 11 is 1.52. The van der Waals surface area contributed by atoms with Gasteiger partial charge in [-0.1, -0.05) is 26.0 Å². The Kier molecular flexibility index (Phi) is 1.85. The molecule has 1 nitrogen and oxygen atoms in total. The van der Waals surface area contributed by atoms with Gasteiger partial charge < -0.3 is 0 Å². The highest BCUT2D eigenvalue weighted by Crippen LogP contribution is 2.21. The minimum absolute atomic E-state index is 0.594. The lowest BCUT2D eigenvalue weighted by Gasteiger charge is -2.03. The zero-order valence-electron chi connectivity index (χ0n) is 7.24. The van der Waals surface area contributed by atoms with Crippen LogP contribution in [0.25, 0.3) is 10.9 Å². The van der Waals surface area contributed by atoms with Crippen LogP contribution in [0.3, 0.4) is 0 Å². The molecule has 1 aromatic carbocycles. The Morgan fingerprint density at radius 1 is 1.33 bits per heavy atom. The van der Waals surface area contributed by atoms with E-state index in [2.05, 4.69) is 41.8 Å². The van der Waals surface area contributed by atoms with Gasteiger partial charge in [-0.2, -0.15) is 4.37 Å². The average Bonchev–Trinajstić information content (AvgIpc) is 2.49. The standard InChI is InChI=1S/C10H11NS/c1-7(2)8-3-4-9-6-12-11-10(9)5-8/h3-7H,1-2H3. The van der Waals surface area contributed by atoms with Crippen LogP contribution in [0.2, 0.25) is 0 Å². The topological polar surface area (TPSA) is 12.9 Å². The average molecular weight is 177 g/mol. The van der Waals surface area contributed by atoms with Gasteiger partial charge in [0, 0.05) is 10.8 Å². The third kappa shape index (κ3) is 1.23. The van der Waals surface area contributed by atoms with Crippen LogP contribution in [0.1, 0.15) is 25.3 Å². The first-order chi connectivity index (χ1) is 5.77. The van der Waals surface area contributed by atoms with Gasteiger partial charge in [0.1, 0.15) is 0 Å². The van der Waals surface area contributed by atoms with Crippen molar-refractivity contribution in [2.75, 3.05) is 0 Å². The van der Waals surface area contributed by atoms with Crippen molar-refractivity contribution in [2.24, 2.45) is 0 Å². The zero-order valence-corrected chi connectivity index (χ0v) is 8.06. The maximum absolute atomic E-state index is 4.30. The molecule has 0 unspecified atom stereocenters. The fourth-order valence-corrected chi connectivity index (χ4v) is 1.88. The van der Waals surface area contributed by atoms with E-state index in [1.165, 1.54) is 22.5 Å². The Morgan fingerprint density at radius 2 is 2.17 bits per heavy atom. The van der Waals surface area contributed by atoms with E-state index in [-0.39, 0.29) is 0 Å². The molecule has 0 radical (unpaired) electrons. The van der Waals surface area contributed by atoms with Crippen molar-refractivity contribution >= 4 is 22.4 Å². The minimum atomic E-state index is 0.594. The molecule has 2 aromatic rings. The summed E-state index contributed by atoms with van der Waals surface area (Å²) < 4.78 is 4.30. The molecule has 1 heterocycles. The predicted octanol–water partition coefficient (Wildman–Crippen LogP) is 3.42. The molecule has 1 aromatic heterocycles. The van der Waals surface area contributed by atoms with E-state index in [9.17, 15) is 0 Å². The summed E-state index contributed by atoms with van der Waals surface area (Å²) in [5, 5.41) is 3.34. The van der Waals surface area contributed by atoms with Crippen LogP contribution >= 0.6 is 11.5 Å². The third-order valence-corrected chi connectivity index (χ3v) is 2.71. The molecule has 0 atom stereocenters. The van der Waals surface area contributed by atoms with E-state index in [0.717, 1.165) is 5.52 Å². The van der Waals surface area contributed by atoms with E-state index in [1.807, 2.05) is 0 Å². The summed E-state index contributed by atoms with van der Waals surface area (Å²) in [7, 11) is 0. The molecule has 0 amide bonds. The fourth-order valence-electron chi connectivity index (χ4n) is 1.24. The second-order valence-corrected chi connectivity index (χ2v) is 3.92. The normalized spacial score (nSPS) is 11.2. The number of hydrogen-bond donors (Lipinski definition) is 0. The monoisotopic (exact) mass is 177 g/mol. The number of nitrogens with zero attached hydrogens (tertiary/aromatic N) is 1. The Bertz CT molecular complexity index is 389. The molecular weight excluding hydrogens is 166 g/mol. The van der Waals surface area contributed by atoms with Crippen LogP contribution in [0.15, 0.2) is 23.6 Å². The Balaban J connectivity index is 2.60. The van der Waals surface area contributed by atoms with Gasteiger partial charge in [-0.3, -0.25) is 0 Å². The van der Waals surface area contributed by atoms with Gasteiger partial charge >= 0.3 is 0 Å². The lowest BCUT2D eigenvalue weighted by molar-refractivity contribution is 0.868. The third-order valence-electron chi connectivity index (χ3n) is 2.05. The van der Waals surface area contributed by atoms with Gasteiger partial charge in [-0.05, 0) is 29.1 Å². The van der Waals surface area contributed by atoms with E-state index in [4.69, 9.17) is 0 Å². The van der Waals surface area contributed by atoms with E-state index in [1.54, 1.807) is 0 Å². The smallest absolute Gasteiger partial charge is 0.0843 e. The molecule has 0 bridgehead atoms. The zero-order chi connectivity index (χ0) is 8.55. The Morgan fingerprint density at radius 3 is 2.92 bits per heavy atom. The molecule has 0 aliphatic carbocycles. The van der Waals surface area contributed by atoms with Crippen LogP contribution in [-0.2, 0) is 0 Å². The molecule has 0 N–H and O–H groups in total. The lowest BCUT2D eigenvalue weighted by Crippen LogP contribution is -1.85. The molecule has 0 fully saturated rings. The first-order valence-corrected chi connectivity index (χ1v) is 4.95. The van der Waals surface area contributed by atoms with Crippen LogP contribution in [0, 0.1) is 0 Å². The number of benzene rings is 1. The molecule has 2 heteroatoms. The first kappa shape index (κ1) is 7.74. The largest absolute Gasteiger partial charge is 0.193 e. The minimum Gasteiger partial charge on any atom is -0.193 e. The van der Waals surface area contributed by atoms with Crippen LogP contribution < -0.4 is 0 Å². The number of aromatic nitrogens is 1. The van der Waals surface area contributed by atoms with Crippen molar-refractivity contribution in [1.82, 2.24) is 4.37 Å². The van der Waals surface area contributed by atoms with Gasteiger partial charge in [0.2, 0.25) is 0 Å². The summed E-state index contributed by atoms with van der Waals surface area (Å²) in [5.41, 5.74) is 2.50. The maximum atomic E-state index is 4.30. The van der Waals surface area contributed by atoms with Crippen molar-refractivity contribution in [3.63, 3.8) is 0 Å². The summed E-state index contributed by atoms with van der Waals surface area (Å²) in [6.07, 6.45) is 0. The van der Waals surface area contributed by atoms with E-state index in [0.29, 0.717) is 5.92 Å². The highest BCUT2D eigenvalue weighted by atomic mass is 32.1. The predicted molar refractivity (Wildman–Crippen MR) is 53.7 cm³/mol. The molecule has 0 saturated carbocycles. The van der Waals surface area contributed by atoms with E-state index < -0.39 is 0 Å². The summed E-state index contributed by atoms with van der Waals surface area (Å²) in [6.45, 7) is 4.40. The second-order valence-electron chi connectivity index (χ2n) is 3.29. The van der Waals surface area contributed by atoms with E-state index >= 15 is 0 Å². The van der Waals surface area contributed by atoms with Crippen molar-refractivity contribution in [2.45, 2.75) is 19.8 Å². The summed E-state index contributed by atoms with van der Waals surface area (Å²) in [4.78, 5) is 0. The van der Waals surface area contributed by atoms with Gasteiger partial charge in [-0.15, -0.1) is 0 Å². The SMILES string of the molecule is CC(C)c1ccc2csnc2c1. The molecule has 0 spiro atoms. The highest BCUT2D eigenvalue weighted by molar-refractivity contribution is 7.04. The molecule has 0 aliphatic rings. The summed E-state index contributed by atoms with van der Waals surface area (Å²) in [6, 6.07) is 6.51. The Labute approximate surface area is 76.2 Å². The van der Waals surface area contributed by atoms with Crippen LogP contribution in [0.4, 0.5) is 0 Å². The lowest BCUT2D eigenvalue weighted by atomic mass is 10.0. The van der Waals surface area contributed by atoms with Crippen molar-refractivity contribution in [1.29, 1.82) is 0 Å². The second kappa shape index (κ2) is 2.87. The number of hydrogen-bond acceptors (Lipinski definition) is 2. The van der Waals surface area contributed by atoms with Gasteiger partial charge in [0.25, 0.3) is 0 Å². The van der Waals surface area contributed by atoms with Crippen LogP contribution in [-0.4, -0.2) is 4.37 Å². The molecule has 0 saturated heterocycles. The Hall–Kier alpha value is -0.890. The number of rotatable bonds is 1. The van der Waals surface area contributed by atoms with Crippen LogP contribution in [0.5, 0.6) is 0 Å². The van der Waals surface area contributed by atoms with Gasteiger partial charge in [0.05, 0.1) is 5.52 Å². The molecule has 62 valence electrons. The van der Waals surface area contributed by atoms with Crippen molar-refractivity contribution in [3.05, 3.63) is 29.1 Å². The quantitative estimate of drug-likeness (QED) is 0.650. The molecule has 2 rings (SSSR count). The molecule has 12 heavy (non-hydrogen) atoms. The van der Waals surface area contributed by atoms with Gasteiger partial charge in [0.15, 0.2) is 0 Å². The summed E-state index contributed by atoms with van der Waals surface area (Å²) in [5.74, 6) is 0.594. The van der Waals surface area contributed by atoms with Crippen molar-refractivity contribution < 1.29 is 0 Å². The van der Waals surface area contributed by atoms with Crippen molar-refractivity contribution in [3.8, 4) is 0 Å². The maximum Gasteiger partial charge on any atom is 0.0843 e. The van der Waals surface area contributed by atoms with Gasteiger partial charge in [-0.25, -0.2) is 0 Å². The fraction of sp³-hybridized carbons (Fsp3) is 0.300. The molecule has 0 aliphatic heterocycles. The first-order valence-electron chi connectivity index (χ1n) is 4.11. The molecular formula is C10H11NS. The number of fused-ring (bicyclic) bond motifs is 1. The highest BCUT2D eigenvalue weighted by Gasteiger charge is 2.01.